The van der Waals surface area contributed by atoms with Gasteiger partial charge < -0.3 is 20.9 Å². The minimum Gasteiger partial charge on any atom is -0.409 e. The minimum atomic E-state index is 0.0498. The summed E-state index contributed by atoms with van der Waals surface area (Å²) in [5, 5.41) is 29.8. The molecule has 0 saturated heterocycles. The number of oxime groups is 1. The van der Waals surface area contributed by atoms with Crippen LogP contribution in [-0.4, -0.2) is 45.5 Å². The van der Waals surface area contributed by atoms with Crippen molar-refractivity contribution in [2.45, 2.75) is 45.6 Å². The van der Waals surface area contributed by atoms with Crippen LogP contribution in [0, 0.1) is 13.8 Å². The molecule has 0 spiro atoms. The maximum absolute atomic E-state index is 9.11. The Morgan fingerprint density at radius 1 is 1.38 bits per heavy atom. The third kappa shape index (κ3) is 3.07. The molecular weight excluding hydrogens is 270 g/mol. The predicted molar refractivity (Wildman–Crippen MR) is 80.7 cm³/mol. The average Bonchev–Trinajstić information content (AvgIpc) is 2.43. The van der Waals surface area contributed by atoms with Crippen LogP contribution in [0.3, 0.4) is 0 Å². The number of aromatic nitrogens is 2. The molecule has 1 aromatic rings. The van der Waals surface area contributed by atoms with Crippen molar-refractivity contribution in [3.05, 3.63) is 16.8 Å². The van der Waals surface area contributed by atoms with Gasteiger partial charge in [-0.1, -0.05) is 5.16 Å². The van der Waals surface area contributed by atoms with Crippen molar-refractivity contribution >= 4 is 11.7 Å². The molecule has 4 N–H and O–H groups in total. The fourth-order valence-electron chi connectivity index (χ4n) is 2.55. The maximum atomic E-state index is 9.11. The molecular formula is C14H23N5O2. The van der Waals surface area contributed by atoms with Gasteiger partial charge >= 0.3 is 0 Å². The highest BCUT2D eigenvalue weighted by Crippen LogP contribution is 2.31. The molecule has 0 unspecified atom stereocenters. The van der Waals surface area contributed by atoms with Crippen LogP contribution in [0.1, 0.15) is 42.5 Å². The molecule has 1 aliphatic rings. The first-order valence-electron chi connectivity index (χ1n) is 7.29. The molecule has 0 radical (unpaired) electrons. The third-order valence-corrected chi connectivity index (χ3v) is 4.14. The van der Waals surface area contributed by atoms with E-state index in [2.05, 4.69) is 20.3 Å². The number of amidine groups is 1. The van der Waals surface area contributed by atoms with Crippen LogP contribution in [0.15, 0.2) is 5.16 Å². The van der Waals surface area contributed by atoms with E-state index in [1.54, 1.807) is 0 Å². The molecule has 0 amide bonds. The summed E-state index contributed by atoms with van der Waals surface area (Å²) in [4.78, 5) is 2.13. The summed E-state index contributed by atoms with van der Waals surface area (Å²) < 4.78 is 0. The van der Waals surface area contributed by atoms with Gasteiger partial charge in [-0.25, -0.2) is 0 Å². The summed E-state index contributed by atoms with van der Waals surface area (Å²) in [5.74, 6) is 0.695. The number of nitrogens with two attached hydrogens (primary N) is 1. The smallest absolute Gasteiger partial charge is 0.174 e. The van der Waals surface area contributed by atoms with Gasteiger partial charge in [0.1, 0.15) is 0 Å². The number of aliphatic hydroxyl groups is 1. The lowest BCUT2D eigenvalue weighted by atomic mass is 9.90. The van der Waals surface area contributed by atoms with Crippen LogP contribution in [-0.2, 0) is 0 Å². The van der Waals surface area contributed by atoms with Crippen molar-refractivity contribution in [1.82, 2.24) is 10.2 Å². The highest BCUT2D eigenvalue weighted by atomic mass is 16.4. The van der Waals surface area contributed by atoms with Gasteiger partial charge in [-0.15, -0.1) is 5.10 Å². The van der Waals surface area contributed by atoms with Crippen LogP contribution in [0.25, 0.3) is 0 Å². The minimum absolute atomic E-state index is 0.0498. The second-order valence-electron chi connectivity index (χ2n) is 5.45. The second-order valence-corrected chi connectivity index (χ2v) is 5.45. The number of hydrogen-bond donors (Lipinski definition) is 3. The van der Waals surface area contributed by atoms with Crippen LogP contribution in [0.5, 0.6) is 0 Å². The summed E-state index contributed by atoms with van der Waals surface area (Å²) in [6.45, 7) is 4.55. The monoisotopic (exact) mass is 293 g/mol. The van der Waals surface area contributed by atoms with Crippen LogP contribution < -0.4 is 10.6 Å². The Hall–Kier alpha value is -1.89. The standard InChI is InChI=1S/C14H23N5O2/c1-9-10(2)16-17-14(12(9)13(15)18-21)19(7-4-8-20)11-5-3-6-11/h11,20-21H,3-8H2,1-2H3,(H2,15,18). The molecule has 1 saturated carbocycles. The predicted octanol–water partition coefficient (Wildman–Crippen LogP) is 0.929. The molecule has 0 bridgehead atoms. The molecule has 0 aromatic carbocycles. The fraction of sp³-hybridized carbons (Fsp3) is 0.643. The van der Waals surface area contributed by atoms with Gasteiger partial charge in [0.15, 0.2) is 11.7 Å². The lowest BCUT2D eigenvalue weighted by Gasteiger charge is -2.39. The van der Waals surface area contributed by atoms with Gasteiger partial charge in [0, 0.05) is 19.2 Å². The summed E-state index contributed by atoms with van der Waals surface area (Å²) in [7, 11) is 0. The van der Waals surface area contributed by atoms with Crippen molar-refractivity contribution in [2.75, 3.05) is 18.1 Å². The molecule has 116 valence electrons. The Morgan fingerprint density at radius 3 is 2.62 bits per heavy atom. The van der Waals surface area contributed by atoms with E-state index < -0.39 is 0 Å². The van der Waals surface area contributed by atoms with Gasteiger partial charge in [-0.05, 0) is 45.1 Å². The Kier molecular flexibility index (Phi) is 4.95. The van der Waals surface area contributed by atoms with E-state index in [-0.39, 0.29) is 12.4 Å². The number of hydrogen-bond acceptors (Lipinski definition) is 6. The molecule has 7 nitrogen and oxygen atoms in total. The van der Waals surface area contributed by atoms with Crippen molar-refractivity contribution < 1.29 is 10.3 Å². The Bertz CT molecular complexity index is 528. The molecule has 21 heavy (non-hydrogen) atoms. The highest BCUT2D eigenvalue weighted by Gasteiger charge is 2.29. The van der Waals surface area contributed by atoms with Gasteiger partial charge in [-0.2, -0.15) is 5.10 Å². The first kappa shape index (κ1) is 15.5. The quantitative estimate of drug-likeness (QED) is 0.312. The summed E-state index contributed by atoms with van der Waals surface area (Å²) in [6, 6.07) is 0.387. The molecule has 2 rings (SSSR count). The van der Waals surface area contributed by atoms with Crippen molar-refractivity contribution in [3.63, 3.8) is 0 Å². The third-order valence-electron chi connectivity index (χ3n) is 4.14. The largest absolute Gasteiger partial charge is 0.409 e. The summed E-state index contributed by atoms with van der Waals surface area (Å²) in [5.41, 5.74) is 8.11. The first-order valence-corrected chi connectivity index (χ1v) is 7.29. The normalized spacial score (nSPS) is 15.9. The van der Waals surface area contributed by atoms with E-state index >= 15 is 0 Å². The highest BCUT2D eigenvalue weighted by molar-refractivity contribution is 6.02. The fourth-order valence-corrected chi connectivity index (χ4v) is 2.55. The molecule has 1 aromatic heterocycles. The summed E-state index contributed by atoms with van der Waals surface area (Å²) in [6.07, 6.45) is 4.03. The van der Waals surface area contributed by atoms with Gasteiger partial charge in [-0.3, -0.25) is 0 Å². The lowest BCUT2D eigenvalue weighted by Crippen LogP contribution is -2.43. The Labute approximate surface area is 124 Å². The van der Waals surface area contributed by atoms with E-state index in [1.807, 2.05) is 13.8 Å². The van der Waals surface area contributed by atoms with Gasteiger partial charge in [0.25, 0.3) is 0 Å². The topological polar surface area (TPSA) is 108 Å². The van der Waals surface area contributed by atoms with Crippen LogP contribution in [0.2, 0.25) is 0 Å². The first-order chi connectivity index (χ1) is 10.1. The van der Waals surface area contributed by atoms with Gasteiger partial charge in [0.2, 0.25) is 0 Å². The summed E-state index contributed by atoms with van der Waals surface area (Å²) >= 11 is 0. The number of anilines is 1. The zero-order chi connectivity index (χ0) is 15.4. The van der Waals surface area contributed by atoms with Crippen molar-refractivity contribution in [3.8, 4) is 0 Å². The van der Waals surface area contributed by atoms with Crippen molar-refractivity contribution in [1.29, 1.82) is 0 Å². The number of aryl methyl sites for hydroxylation is 1. The second kappa shape index (κ2) is 6.71. The number of rotatable bonds is 6. The van der Waals surface area contributed by atoms with E-state index in [9.17, 15) is 0 Å². The zero-order valence-corrected chi connectivity index (χ0v) is 12.6. The van der Waals surface area contributed by atoms with Crippen molar-refractivity contribution in [2.24, 2.45) is 10.9 Å². The Balaban J connectivity index is 2.45. The molecule has 1 aliphatic carbocycles. The average molecular weight is 293 g/mol. The van der Waals surface area contributed by atoms with E-state index in [1.165, 1.54) is 6.42 Å². The van der Waals surface area contributed by atoms with E-state index in [0.717, 1.165) is 24.1 Å². The molecule has 0 atom stereocenters. The lowest BCUT2D eigenvalue weighted by molar-refractivity contribution is 0.282. The van der Waals surface area contributed by atoms with Crippen LogP contribution in [0.4, 0.5) is 5.82 Å². The number of aliphatic hydroxyl groups excluding tert-OH is 1. The SMILES string of the molecule is Cc1nnc(N(CCCO)C2CCC2)c(C(N)=NO)c1C. The zero-order valence-electron chi connectivity index (χ0n) is 12.6. The molecule has 0 aliphatic heterocycles. The van der Waals surface area contributed by atoms with E-state index in [4.69, 9.17) is 16.0 Å². The number of nitrogens with zero attached hydrogens (tertiary/aromatic N) is 4. The van der Waals surface area contributed by atoms with E-state index in [0.29, 0.717) is 30.4 Å². The maximum Gasteiger partial charge on any atom is 0.174 e. The Morgan fingerprint density at radius 2 is 2.10 bits per heavy atom. The van der Waals surface area contributed by atoms with Gasteiger partial charge in [0.05, 0.1) is 11.3 Å². The molecule has 7 heteroatoms. The molecule has 1 fully saturated rings. The molecule has 1 heterocycles. The van der Waals surface area contributed by atoms with Crippen LogP contribution >= 0.6 is 0 Å².